The molecule has 0 radical (unpaired) electrons. The first-order chi connectivity index (χ1) is 9.38. The highest BCUT2D eigenvalue weighted by Gasteiger charge is 2.11. The first kappa shape index (κ1) is 14.3. The number of rotatable bonds is 3. The van der Waals surface area contributed by atoms with Gasteiger partial charge >= 0.3 is 0 Å². The van der Waals surface area contributed by atoms with E-state index in [-0.39, 0.29) is 11.3 Å². The third kappa shape index (κ3) is 2.88. The van der Waals surface area contributed by atoms with Gasteiger partial charge in [-0.15, -0.1) is 0 Å². The lowest BCUT2D eigenvalue weighted by atomic mass is 10.2. The van der Waals surface area contributed by atoms with Crippen molar-refractivity contribution in [2.75, 3.05) is 5.73 Å². The molecule has 0 fully saturated rings. The van der Waals surface area contributed by atoms with Gasteiger partial charge in [0, 0.05) is 11.4 Å². The van der Waals surface area contributed by atoms with Crippen LogP contribution < -0.4 is 11.5 Å². The first-order valence-corrected chi connectivity index (χ1v) is 6.75. The van der Waals surface area contributed by atoms with Crippen molar-refractivity contribution in [1.29, 1.82) is 0 Å². The summed E-state index contributed by atoms with van der Waals surface area (Å²) in [5.41, 5.74) is 14.3. The highest BCUT2D eigenvalue weighted by Crippen LogP contribution is 2.26. The Morgan fingerprint density at radius 1 is 1.20 bits per heavy atom. The van der Waals surface area contributed by atoms with Crippen molar-refractivity contribution in [3.8, 4) is 0 Å². The van der Waals surface area contributed by atoms with Crippen LogP contribution in [-0.4, -0.2) is 20.9 Å². The quantitative estimate of drug-likeness (QED) is 0.831. The maximum absolute atomic E-state index is 11.3. The number of aryl methyl sites for hydroxylation is 2. The van der Waals surface area contributed by atoms with E-state index in [0.717, 1.165) is 17.0 Å². The monoisotopic (exact) mass is 289 g/mol. The highest BCUT2D eigenvalue weighted by atomic mass is 32.2. The van der Waals surface area contributed by atoms with Gasteiger partial charge in [-0.05, 0) is 44.2 Å². The minimum absolute atomic E-state index is 0.253. The minimum Gasteiger partial charge on any atom is -0.397 e. The van der Waals surface area contributed by atoms with Crippen LogP contribution in [0.5, 0.6) is 0 Å². The van der Waals surface area contributed by atoms with Gasteiger partial charge in [-0.1, -0.05) is 0 Å². The molecule has 2 rings (SSSR count). The molecule has 2 aromatic rings. The minimum atomic E-state index is -0.580. The molecular formula is C13H15N5OS. The van der Waals surface area contributed by atoms with Crippen LogP contribution in [0, 0.1) is 20.8 Å². The van der Waals surface area contributed by atoms with E-state index in [0.29, 0.717) is 10.2 Å². The number of aromatic nitrogens is 3. The van der Waals surface area contributed by atoms with Crippen molar-refractivity contribution in [3.05, 3.63) is 34.8 Å². The van der Waals surface area contributed by atoms with E-state index in [9.17, 15) is 4.79 Å². The van der Waals surface area contributed by atoms with Crippen LogP contribution in [0.3, 0.4) is 0 Å². The molecule has 104 valence electrons. The Morgan fingerprint density at radius 2 is 1.80 bits per heavy atom. The van der Waals surface area contributed by atoms with Gasteiger partial charge in [-0.3, -0.25) is 4.79 Å². The van der Waals surface area contributed by atoms with E-state index in [4.69, 9.17) is 11.5 Å². The van der Waals surface area contributed by atoms with Gasteiger partial charge in [0.15, 0.2) is 5.16 Å². The Hall–Kier alpha value is -2.15. The number of amides is 1. The summed E-state index contributed by atoms with van der Waals surface area (Å²) in [4.78, 5) is 24.2. The van der Waals surface area contributed by atoms with Crippen molar-refractivity contribution in [2.45, 2.75) is 31.0 Å². The molecule has 0 atom stereocenters. The molecule has 0 aromatic carbocycles. The molecule has 0 aliphatic rings. The fraction of sp³-hybridized carbons (Fsp3) is 0.231. The molecule has 20 heavy (non-hydrogen) atoms. The number of carbonyl (C=O) groups is 1. The summed E-state index contributed by atoms with van der Waals surface area (Å²) in [5, 5.41) is 1.16. The lowest BCUT2D eigenvalue weighted by Crippen LogP contribution is -2.14. The Kier molecular flexibility index (Phi) is 3.89. The standard InChI is InChI=1S/C13H15N5OS/c1-6-7(2)17-13(18-8(6)3)20-11-4-9(12(15)19)10(14)5-16-11/h4-5H,14H2,1-3H3,(H2,15,19). The number of carbonyl (C=O) groups excluding carboxylic acids is 1. The summed E-state index contributed by atoms with van der Waals surface area (Å²) in [7, 11) is 0. The van der Waals surface area contributed by atoms with Crippen molar-refractivity contribution in [3.63, 3.8) is 0 Å². The topological polar surface area (TPSA) is 108 Å². The maximum atomic E-state index is 11.3. The second kappa shape index (κ2) is 5.46. The predicted molar refractivity (Wildman–Crippen MR) is 77.5 cm³/mol. The molecule has 6 nitrogen and oxygen atoms in total. The lowest BCUT2D eigenvalue weighted by Gasteiger charge is -2.07. The zero-order chi connectivity index (χ0) is 14.9. The number of pyridine rings is 1. The van der Waals surface area contributed by atoms with Gasteiger partial charge < -0.3 is 11.5 Å². The van der Waals surface area contributed by atoms with Crippen molar-refractivity contribution >= 4 is 23.4 Å². The average Bonchev–Trinajstić information content (AvgIpc) is 2.38. The Morgan fingerprint density at radius 3 is 2.35 bits per heavy atom. The first-order valence-electron chi connectivity index (χ1n) is 5.93. The number of hydrogen-bond donors (Lipinski definition) is 2. The largest absolute Gasteiger partial charge is 0.397 e. The zero-order valence-electron chi connectivity index (χ0n) is 11.5. The molecule has 7 heteroatoms. The fourth-order valence-corrected chi connectivity index (χ4v) is 2.43. The van der Waals surface area contributed by atoms with Crippen LogP contribution in [0.1, 0.15) is 27.3 Å². The molecule has 2 heterocycles. The summed E-state index contributed by atoms with van der Waals surface area (Å²) < 4.78 is 0. The molecule has 4 N–H and O–H groups in total. The average molecular weight is 289 g/mol. The van der Waals surface area contributed by atoms with Gasteiger partial charge in [-0.25, -0.2) is 15.0 Å². The number of primary amides is 1. The predicted octanol–water partition coefficient (Wildman–Crippen LogP) is 1.63. The van der Waals surface area contributed by atoms with Crippen LogP contribution in [0.15, 0.2) is 22.4 Å². The number of nitrogens with two attached hydrogens (primary N) is 2. The van der Waals surface area contributed by atoms with E-state index < -0.39 is 5.91 Å². The van der Waals surface area contributed by atoms with E-state index >= 15 is 0 Å². The van der Waals surface area contributed by atoms with Crippen molar-refractivity contribution in [2.24, 2.45) is 5.73 Å². The van der Waals surface area contributed by atoms with Crippen LogP contribution >= 0.6 is 11.8 Å². The van der Waals surface area contributed by atoms with Gasteiger partial charge in [0.25, 0.3) is 5.91 Å². The highest BCUT2D eigenvalue weighted by molar-refractivity contribution is 7.99. The van der Waals surface area contributed by atoms with E-state index in [2.05, 4.69) is 15.0 Å². The SMILES string of the molecule is Cc1nc(Sc2cc(C(N)=O)c(N)cn2)nc(C)c1C. The van der Waals surface area contributed by atoms with E-state index in [1.165, 1.54) is 18.0 Å². The Bertz CT molecular complexity index is 663. The smallest absolute Gasteiger partial charge is 0.250 e. The fourth-order valence-electron chi connectivity index (χ4n) is 1.60. The third-order valence-corrected chi connectivity index (χ3v) is 3.78. The molecule has 2 aromatic heterocycles. The molecule has 0 bridgehead atoms. The maximum Gasteiger partial charge on any atom is 0.250 e. The molecule has 0 aliphatic heterocycles. The Labute approximate surface area is 121 Å². The molecule has 0 spiro atoms. The normalized spacial score (nSPS) is 10.6. The summed E-state index contributed by atoms with van der Waals surface area (Å²) >= 11 is 1.27. The van der Waals surface area contributed by atoms with Gasteiger partial charge in [0.2, 0.25) is 0 Å². The Balaban J connectivity index is 2.35. The summed E-state index contributed by atoms with van der Waals surface area (Å²) in [5.74, 6) is -0.580. The van der Waals surface area contributed by atoms with Gasteiger partial charge in [0.1, 0.15) is 5.03 Å². The molecule has 0 unspecified atom stereocenters. The molecule has 0 saturated carbocycles. The molecule has 0 saturated heterocycles. The second-order valence-electron chi connectivity index (χ2n) is 4.38. The zero-order valence-corrected chi connectivity index (χ0v) is 12.3. The second-order valence-corrected chi connectivity index (χ2v) is 5.37. The van der Waals surface area contributed by atoms with Crippen LogP contribution in [-0.2, 0) is 0 Å². The number of nitrogen functional groups attached to an aromatic ring is 1. The summed E-state index contributed by atoms with van der Waals surface area (Å²) in [6.45, 7) is 5.84. The third-order valence-electron chi connectivity index (χ3n) is 2.98. The number of anilines is 1. The van der Waals surface area contributed by atoms with Crippen LogP contribution in [0.25, 0.3) is 0 Å². The van der Waals surface area contributed by atoms with E-state index in [1.807, 2.05) is 20.8 Å². The lowest BCUT2D eigenvalue weighted by molar-refractivity contribution is 0.100. The van der Waals surface area contributed by atoms with Crippen molar-refractivity contribution in [1.82, 2.24) is 15.0 Å². The molecule has 1 amide bonds. The summed E-state index contributed by atoms with van der Waals surface area (Å²) in [6, 6.07) is 1.55. The van der Waals surface area contributed by atoms with Gasteiger partial charge in [-0.2, -0.15) is 0 Å². The molecular weight excluding hydrogens is 274 g/mol. The number of hydrogen-bond acceptors (Lipinski definition) is 6. The van der Waals surface area contributed by atoms with Crippen molar-refractivity contribution < 1.29 is 4.79 Å². The number of nitrogens with zero attached hydrogens (tertiary/aromatic N) is 3. The summed E-state index contributed by atoms with van der Waals surface area (Å²) in [6.07, 6.45) is 1.41. The molecule has 0 aliphatic carbocycles. The van der Waals surface area contributed by atoms with Gasteiger partial charge in [0.05, 0.1) is 17.4 Å². The van der Waals surface area contributed by atoms with Crippen LogP contribution in [0.2, 0.25) is 0 Å². The van der Waals surface area contributed by atoms with Crippen LogP contribution in [0.4, 0.5) is 5.69 Å². The van der Waals surface area contributed by atoms with E-state index in [1.54, 1.807) is 6.07 Å².